The summed E-state index contributed by atoms with van der Waals surface area (Å²) in [6, 6.07) is 3.22. The Balaban J connectivity index is 3.74. The number of hydrogen-bond donors (Lipinski definition) is 4. The van der Waals surface area contributed by atoms with E-state index in [9.17, 15) is 10.2 Å². The van der Waals surface area contributed by atoms with Crippen LogP contribution in [0.15, 0.2) is 11.1 Å². The number of aromatic nitrogens is 1. The zero-order valence-electron chi connectivity index (χ0n) is 10.7. The number of nitriles is 1. The molecule has 0 aliphatic carbocycles. The Bertz CT molecular complexity index is 665. The molecule has 0 saturated carbocycles. The molecule has 0 bridgehead atoms. The summed E-state index contributed by atoms with van der Waals surface area (Å²) < 4.78 is 1.25. The molecule has 7 heteroatoms. The lowest BCUT2D eigenvalue weighted by Crippen LogP contribution is -2.51. The molecule has 7 nitrogen and oxygen atoms in total. The van der Waals surface area contributed by atoms with Crippen LogP contribution in [0.3, 0.4) is 0 Å². The van der Waals surface area contributed by atoms with Crippen molar-refractivity contribution in [2.75, 3.05) is 12.1 Å². The first-order valence-corrected chi connectivity index (χ1v) is 5.81. The second kappa shape index (κ2) is 6.47. The third-order valence-electron chi connectivity index (χ3n) is 2.59. The summed E-state index contributed by atoms with van der Waals surface area (Å²) in [5.74, 6) is 4.46. The van der Waals surface area contributed by atoms with Gasteiger partial charge in [0.15, 0.2) is 5.49 Å². The van der Waals surface area contributed by atoms with Crippen LogP contribution in [0.1, 0.15) is 25.3 Å². The molecule has 5 N–H and O–H groups in total. The average Bonchev–Trinajstić information content (AvgIpc) is 2.39. The number of nitrogens with two attached hydrogens (primary N) is 1. The van der Waals surface area contributed by atoms with Gasteiger partial charge in [0, 0.05) is 6.54 Å². The van der Waals surface area contributed by atoms with Crippen LogP contribution in [0.5, 0.6) is 0 Å². The van der Waals surface area contributed by atoms with Gasteiger partial charge in [-0.25, -0.2) is 10.5 Å². The van der Waals surface area contributed by atoms with E-state index in [0.717, 1.165) is 12.8 Å². The number of hydrogen-bond acceptors (Lipinski definition) is 6. The molecule has 0 aliphatic rings. The minimum Gasteiger partial charge on any atom is -0.481 e. The number of hydrazine groups is 1. The Hall–Kier alpha value is -2.46. The Morgan fingerprint density at radius 3 is 2.79 bits per heavy atom. The van der Waals surface area contributed by atoms with Gasteiger partial charge in [-0.05, 0) is 12.5 Å². The van der Waals surface area contributed by atoms with Crippen LogP contribution >= 0.6 is 0 Å². The van der Waals surface area contributed by atoms with Gasteiger partial charge in [0.1, 0.15) is 11.3 Å². The van der Waals surface area contributed by atoms with Crippen LogP contribution in [0, 0.1) is 11.3 Å². The van der Waals surface area contributed by atoms with Gasteiger partial charge >= 0.3 is 0 Å². The van der Waals surface area contributed by atoms with Crippen molar-refractivity contribution in [1.29, 1.82) is 5.26 Å². The molecule has 0 saturated heterocycles. The van der Waals surface area contributed by atoms with Crippen molar-refractivity contribution in [1.82, 2.24) is 4.68 Å². The number of unbranched alkanes of at least 4 members (excludes halogenated alkanes) is 1. The van der Waals surface area contributed by atoms with Crippen molar-refractivity contribution >= 4 is 12.5 Å². The Labute approximate surface area is 110 Å². The van der Waals surface area contributed by atoms with Crippen LogP contribution in [0.25, 0.3) is 12.5 Å². The number of aliphatic hydroxyl groups is 2. The van der Waals surface area contributed by atoms with Crippen molar-refractivity contribution < 1.29 is 10.2 Å². The second-order valence-electron chi connectivity index (χ2n) is 3.88. The van der Waals surface area contributed by atoms with E-state index in [2.05, 4.69) is 17.1 Å². The highest BCUT2D eigenvalue weighted by molar-refractivity contribution is 5.34. The SMILES string of the molecule is C=c1c(C#N)cc(=C(O)O)c(=NCCCC)n1NN. The van der Waals surface area contributed by atoms with E-state index >= 15 is 0 Å². The van der Waals surface area contributed by atoms with Crippen LogP contribution in [0.2, 0.25) is 0 Å². The zero-order chi connectivity index (χ0) is 14.4. The molecule has 1 heterocycles. The van der Waals surface area contributed by atoms with E-state index in [4.69, 9.17) is 11.1 Å². The smallest absolute Gasteiger partial charge is 0.285 e. The van der Waals surface area contributed by atoms with Crippen molar-refractivity contribution in [3.8, 4) is 6.07 Å². The van der Waals surface area contributed by atoms with Gasteiger partial charge in [0.25, 0.3) is 5.95 Å². The van der Waals surface area contributed by atoms with E-state index in [-0.39, 0.29) is 16.3 Å². The monoisotopic (exact) mass is 263 g/mol. The largest absolute Gasteiger partial charge is 0.481 e. The molecule has 1 aromatic rings. The van der Waals surface area contributed by atoms with Gasteiger partial charge in [0.05, 0.1) is 10.9 Å². The Morgan fingerprint density at radius 1 is 1.63 bits per heavy atom. The van der Waals surface area contributed by atoms with E-state index in [1.54, 1.807) is 0 Å². The van der Waals surface area contributed by atoms with Crippen molar-refractivity contribution in [3.63, 3.8) is 0 Å². The third kappa shape index (κ3) is 3.05. The fourth-order valence-electron chi connectivity index (χ4n) is 1.56. The number of rotatable bonds is 4. The van der Waals surface area contributed by atoms with E-state index < -0.39 is 5.95 Å². The van der Waals surface area contributed by atoms with Gasteiger partial charge in [-0.15, -0.1) is 0 Å². The number of aliphatic hydroxyl groups excluding tert-OH is 1. The zero-order valence-corrected chi connectivity index (χ0v) is 10.7. The Morgan fingerprint density at radius 2 is 2.32 bits per heavy atom. The standard InChI is InChI=1S/C12H17N5O2/c1-3-4-5-15-11-10(12(18)19)6-9(7-13)8(2)17(11)16-14/h6,16,18-19H,2-5,14H2,1H3. The van der Waals surface area contributed by atoms with Crippen molar-refractivity contribution in [3.05, 3.63) is 27.7 Å². The summed E-state index contributed by atoms with van der Waals surface area (Å²) in [6.45, 7) is 6.24. The fourth-order valence-corrected chi connectivity index (χ4v) is 1.56. The minimum atomic E-state index is -0.921. The highest BCUT2D eigenvalue weighted by Crippen LogP contribution is 1.86. The van der Waals surface area contributed by atoms with E-state index in [0.29, 0.717) is 11.9 Å². The van der Waals surface area contributed by atoms with Crippen LogP contribution in [0.4, 0.5) is 0 Å². The minimum absolute atomic E-state index is 0.0259. The normalized spacial score (nSPS) is 11.1. The molecule has 19 heavy (non-hydrogen) atoms. The summed E-state index contributed by atoms with van der Waals surface area (Å²) in [6.07, 6.45) is 1.81. The first kappa shape index (κ1) is 14.6. The number of pyridine rings is 1. The first-order chi connectivity index (χ1) is 9.06. The maximum absolute atomic E-state index is 9.29. The maximum atomic E-state index is 9.29. The highest BCUT2D eigenvalue weighted by atomic mass is 16.5. The summed E-state index contributed by atoms with van der Waals surface area (Å²) in [4.78, 5) is 4.25. The molecule has 0 unspecified atom stereocenters. The van der Waals surface area contributed by atoms with E-state index in [1.165, 1.54) is 10.7 Å². The summed E-state index contributed by atoms with van der Waals surface area (Å²) in [7, 11) is 0. The fraction of sp³-hybridized carbons (Fsp3) is 0.333. The van der Waals surface area contributed by atoms with Crippen LogP contribution in [-0.2, 0) is 0 Å². The summed E-state index contributed by atoms with van der Waals surface area (Å²) >= 11 is 0. The lowest BCUT2D eigenvalue weighted by Gasteiger charge is -2.09. The van der Waals surface area contributed by atoms with E-state index in [1.807, 2.05) is 13.0 Å². The summed E-state index contributed by atoms with van der Waals surface area (Å²) in [5.41, 5.74) is 2.73. The van der Waals surface area contributed by atoms with Crippen LogP contribution in [-0.4, -0.2) is 21.4 Å². The topological polar surface area (TPSA) is 120 Å². The first-order valence-electron chi connectivity index (χ1n) is 5.81. The lowest BCUT2D eigenvalue weighted by molar-refractivity contribution is 0.297. The number of nitrogen functional groups attached to an aromatic ring is 1. The van der Waals surface area contributed by atoms with Crippen molar-refractivity contribution in [2.24, 2.45) is 10.8 Å². The Kier molecular flexibility index (Phi) is 4.97. The molecule has 0 spiro atoms. The van der Waals surface area contributed by atoms with Gasteiger partial charge in [-0.2, -0.15) is 5.26 Å². The lowest BCUT2D eigenvalue weighted by atomic mass is 10.2. The predicted molar refractivity (Wildman–Crippen MR) is 71.5 cm³/mol. The number of nitrogens with zero attached hydrogens (tertiary/aromatic N) is 3. The molecule has 0 atom stereocenters. The quantitative estimate of drug-likeness (QED) is 0.318. The van der Waals surface area contributed by atoms with Gasteiger partial charge in [-0.3, -0.25) is 10.5 Å². The molecule has 102 valence electrons. The highest BCUT2D eigenvalue weighted by Gasteiger charge is 2.05. The summed E-state index contributed by atoms with van der Waals surface area (Å²) in [5, 5.41) is 27.9. The number of nitrogens with one attached hydrogen (secondary N) is 1. The van der Waals surface area contributed by atoms with Crippen LogP contribution < -0.4 is 27.4 Å². The molecular weight excluding hydrogens is 246 g/mol. The third-order valence-corrected chi connectivity index (χ3v) is 2.59. The molecule has 1 aromatic heterocycles. The molecule has 0 radical (unpaired) electrons. The maximum Gasteiger partial charge on any atom is 0.285 e. The average molecular weight is 263 g/mol. The van der Waals surface area contributed by atoms with Gasteiger partial charge in [0.2, 0.25) is 0 Å². The molecule has 0 amide bonds. The molecule has 0 fully saturated rings. The molecule has 1 rings (SSSR count). The molecule has 0 aromatic carbocycles. The van der Waals surface area contributed by atoms with Crippen molar-refractivity contribution in [2.45, 2.75) is 19.8 Å². The molecular formula is C12H17N5O2. The second-order valence-corrected chi connectivity index (χ2v) is 3.88. The van der Waals surface area contributed by atoms with Gasteiger partial charge in [-0.1, -0.05) is 19.9 Å². The van der Waals surface area contributed by atoms with Gasteiger partial charge < -0.3 is 10.2 Å². The predicted octanol–water partition coefficient (Wildman–Crippen LogP) is -0.930. The molecule has 0 aliphatic heterocycles.